The number of aromatic carboxylic acids is 1. The molecule has 1 aromatic carbocycles. The zero-order valence-corrected chi connectivity index (χ0v) is 12.1. The molecule has 1 aromatic rings. The topological polar surface area (TPSA) is 78.4 Å². The number of hydrogen-bond donors (Lipinski definition) is 3. The maximum atomic E-state index is 11.9. The summed E-state index contributed by atoms with van der Waals surface area (Å²) in [6, 6.07) is 6.00. The van der Waals surface area contributed by atoms with Crippen molar-refractivity contribution in [2.24, 2.45) is 0 Å². The summed E-state index contributed by atoms with van der Waals surface area (Å²) in [7, 11) is 0. The van der Waals surface area contributed by atoms with Gasteiger partial charge >= 0.3 is 12.0 Å². The molecule has 1 aliphatic carbocycles. The van der Waals surface area contributed by atoms with E-state index in [0.29, 0.717) is 12.2 Å². The number of carbonyl (C=O) groups excluding carboxylic acids is 1. The first-order valence-corrected chi connectivity index (χ1v) is 7.71. The summed E-state index contributed by atoms with van der Waals surface area (Å²) in [6.45, 7) is 0.606. The van der Waals surface area contributed by atoms with Crippen molar-refractivity contribution in [2.45, 2.75) is 24.0 Å². The number of nitrogens with one attached hydrogen (secondary N) is 2. The van der Waals surface area contributed by atoms with Crippen LogP contribution < -0.4 is 10.6 Å². The molecule has 3 N–H and O–H groups in total. The van der Waals surface area contributed by atoms with Gasteiger partial charge in [0.2, 0.25) is 0 Å². The van der Waals surface area contributed by atoms with Crippen LogP contribution in [0.1, 0.15) is 29.6 Å². The third kappa shape index (κ3) is 3.25. The minimum atomic E-state index is -1.06. The quantitative estimate of drug-likeness (QED) is 0.780. The van der Waals surface area contributed by atoms with Crippen LogP contribution in [-0.2, 0) is 0 Å². The zero-order chi connectivity index (χ0) is 14.6. The van der Waals surface area contributed by atoms with Gasteiger partial charge in [-0.2, -0.15) is 11.8 Å². The number of carbonyl (C=O) groups is 2. The number of anilines is 1. The Labute approximate surface area is 122 Å². The lowest BCUT2D eigenvalue weighted by Gasteiger charge is -2.40. The Bertz CT molecular complexity index is 509. The number of carboxylic acid groups (broad SMARTS) is 1. The van der Waals surface area contributed by atoms with E-state index in [1.165, 1.54) is 12.5 Å². The Morgan fingerprint density at radius 1 is 1.35 bits per heavy atom. The van der Waals surface area contributed by atoms with E-state index in [4.69, 9.17) is 5.11 Å². The molecule has 20 heavy (non-hydrogen) atoms. The van der Waals surface area contributed by atoms with Crippen molar-refractivity contribution < 1.29 is 14.7 Å². The summed E-state index contributed by atoms with van der Waals surface area (Å²) in [6.07, 6.45) is 5.48. The molecule has 108 valence electrons. The average molecular weight is 294 g/mol. The molecule has 2 amide bonds. The third-order valence-corrected chi connectivity index (χ3v) is 5.09. The smallest absolute Gasteiger partial charge is 0.337 e. The molecule has 0 spiro atoms. The van der Waals surface area contributed by atoms with Gasteiger partial charge in [0.25, 0.3) is 0 Å². The van der Waals surface area contributed by atoms with E-state index in [0.717, 1.165) is 12.8 Å². The largest absolute Gasteiger partial charge is 0.478 e. The van der Waals surface area contributed by atoms with Crippen molar-refractivity contribution in [3.05, 3.63) is 29.8 Å². The van der Waals surface area contributed by atoms with Gasteiger partial charge in [0.05, 0.1) is 11.3 Å². The van der Waals surface area contributed by atoms with Crippen LogP contribution in [-0.4, -0.2) is 34.7 Å². The highest BCUT2D eigenvalue weighted by Crippen LogP contribution is 2.42. The van der Waals surface area contributed by atoms with E-state index in [1.54, 1.807) is 30.0 Å². The third-order valence-electron chi connectivity index (χ3n) is 3.67. The van der Waals surface area contributed by atoms with Gasteiger partial charge in [0.15, 0.2) is 0 Å². The first-order chi connectivity index (χ1) is 9.56. The highest BCUT2D eigenvalue weighted by molar-refractivity contribution is 8.00. The van der Waals surface area contributed by atoms with Crippen LogP contribution >= 0.6 is 11.8 Å². The number of carboxylic acids is 1. The lowest BCUT2D eigenvalue weighted by atomic mass is 9.84. The van der Waals surface area contributed by atoms with E-state index >= 15 is 0 Å². The number of rotatable bonds is 5. The molecule has 0 unspecified atom stereocenters. The number of para-hydroxylation sites is 1. The first kappa shape index (κ1) is 14.7. The van der Waals surface area contributed by atoms with Gasteiger partial charge in [-0.15, -0.1) is 0 Å². The summed E-state index contributed by atoms with van der Waals surface area (Å²) in [5.41, 5.74) is 0.398. The maximum Gasteiger partial charge on any atom is 0.337 e. The molecule has 0 aromatic heterocycles. The summed E-state index contributed by atoms with van der Waals surface area (Å²) in [5.74, 6) is -1.06. The Hall–Kier alpha value is -1.69. The van der Waals surface area contributed by atoms with Crippen LogP contribution in [0.15, 0.2) is 24.3 Å². The summed E-state index contributed by atoms with van der Waals surface area (Å²) in [4.78, 5) is 22.9. The molecular formula is C14H18N2O3S. The molecule has 0 aliphatic heterocycles. The summed E-state index contributed by atoms with van der Waals surface area (Å²) < 4.78 is 0.156. The molecule has 0 heterocycles. The Balaban J connectivity index is 1.93. The Morgan fingerprint density at radius 2 is 2.05 bits per heavy atom. The molecular weight excluding hydrogens is 276 g/mol. The van der Waals surface area contributed by atoms with Crippen LogP contribution in [0.25, 0.3) is 0 Å². The van der Waals surface area contributed by atoms with Crippen LogP contribution in [0.4, 0.5) is 10.5 Å². The molecule has 0 radical (unpaired) electrons. The molecule has 5 nitrogen and oxygen atoms in total. The average Bonchev–Trinajstić information content (AvgIpc) is 2.38. The van der Waals surface area contributed by atoms with E-state index in [1.807, 2.05) is 0 Å². The van der Waals surface area contributed by atoms with Crippen LogP contribution in [0, 0.1) is 0 Å². The highest BCUT2D eigenvalue weighted by atomic mass is 32.2. The Morgan fingerprint density at radius 3 is 2.60 bits per heavy atom. The van der Waals surface area contributed by atoms with Gasteiger partial charge in [0, 0.05) is 11.3 Å². The number of urea groups is 1. The molecule has 0 atom stereocenters. The molecule has 2 rings (SSSR count). The molecule has 0 bridgehead atoms. The second kappa shape index (κ2) is 6.17. The van der Waals surface area contributed by atoms with Crippen LogP contribution in [0.2, 0.25) is 0 Å². The Kier molecular flexibility index (Phi) is 4.54. The number of benzene rings is 1. The fourth-order valence-corrected chi connectivity index (χ4v) is 3.12. The fraction of sp³-hybridized carbons (Fsp3) is 0.429. The standard InChI is InChI=1S/C14H18N2O3S/c1-20-14(7-4-8-14)9-15-13(19)16-11-6-3-2-5-10(11)12(17)18/h2-3,5-6H,4,7-9H2,1H3,(H,17,18)(H2,15,16,19). The minimum Gasteiger partial charge on any atom is -0.478 e. The van der Waals surface area contributed by atoms with Crippen molar-refractivity contribution in [3.8, 4) is 0 Å². The van der Waals surface area contributed by atoms with Gasteiger partial charge in [0.1, 0.15) is 0 Å². The lowest BCUT2D eigenvalue weighted by Crippen LogP contribution is -2.46. The second-order valence-corrected chi connectivity index (χ2v) is 6.17. The summed E-state index contributed by atoms with van der Waals surface area (Å²) in [5, 5.41) is 14.5. The van der Waals surface area contributed by atoms with Crippen LogP contribution in [0.5, 0.6) is 0 Å². The van der Waals surface area contributed by atoms with Gasteiger partial charge in [-0.25, -0.2) is 9.59 Å². The van der Waals surface area contributed by atoms with E-state index in [-0.39, 0.29) is 16.3 Å². The van der Waals surface area contributed by atoms with Crippen molar-refractivity contribution in [1.82, 2.24) is 5.32 Å². The van der Waals surface area contributed by atoms with E-state index in [9.17, 15) is 9.59 Å². The molecule has 6 heteroatoms. The predicted molar refractivity (Wildman–Crippen MR) is 80.5 cm³/mol. The second-order valence-electron chi connectivity index (χ2n) is 4.90. The first-order valence-electron chi connectivity index (χ1n) is 6.49. The SMILES string of the molecule is CSC1(CNC(=O)Nc2ccccc2C(=O)O)CCC1. The van der Waals surface area contributed by atoms with Crippen LogP contribution in [0.3, 0.4) is 0 Å². The monoisotopic (exact) mass is 294 g/mol. The van der Waals surface area contributed by atoms with Gasteiger partial charge in [-0.05, 0) is 31.2 Å². The molecule has 1 saturated carbocycles. The molecule has 1 aliphatic rings. The lowest BCUT2D eigenvalue weighted by molar-refractivity contribution is 0.0698. The maximum absolute atomic E-state index is 11.9. The van der Waals surface area contributed by atoms with Gasteiger partial charge < -0.3 is 15.7 Å². The zero-order valence-electron chi connectivity index (χ0n) is 11.3. The van der Waals surface area contributed by atoms with Crippen molar-refractivity contribution >= 4 is 29.4 Å². The van der Waals surface area contributed by atoms with Gasteiger partial charge in [-0.3, -0.25) is 0 Å². The van der Waals surface area contributed by atoms with Crippen molar-refractivity contribution in [2.75, 3.05) is 18.1 Å². The minimum absolute atomic E-state index is 0.0888. The number of hydrogen-bond acceptors (Lipinski definition) is 3. The highest BCUT2D eigenvalue weighted by Gasteiger charge is 2.36. The molecule has 0 saturated heterocycles. The normalized spacial score (nSPS) is 16.1. The van der Waals surface area contributed by atoms with Gasteiger partial charge in [-0.1, -0.05) is 18.6 Å². The number of thioether (sulfide) groups is 1. The van der Waals surface area contributed by atoms with E-state index in [2.05, 4.69) is 16.9 Å². The number of amides is 2. The van der Waals surface area contributed by atoms with E-state index < -0.39 is 5.97 Å². The van der Waals surface area contributed by atoms with Crippen molar-refractivity contribution in [3.63, 3.8) is 0 Å². The predicted octanol–water partition coefficient (Wildman–Crippen LogP) is 2.79. The van der Waals surface area contributed by atoms with Crippen molar-refractivity contribution in [1.29, 1.82) is 0 Å². The summed E-state index contributed by atoms with van der Waals surface area (Å²) >= 11 is 1.78. The fourth-order valence-electron chi connectivity index (χ4n) is 2.21. The molecule has 1 fully saturated rings.